The van der Waals surface area contributed by atoms with Crippen LogP contribution in [0.15, 0.2) is 52.7 Å². The van der Waals surface area contributed by atoms with Crippen LogP contribution < -0.4 is 10.1 Å². The molecule has 2 aromatic rings. The molecule has 0 amide bonds. The topological polar surface area (TPSA) is 59.9 Å². The Morgan fingerprint density at radius 2 is 2.09 bits per heavy atom. The van der Waals surface area contributed by atoms with Gasteiger partial charge < -0.3 is 10.1 Å². The summed E-state index contributed by atoms with van der Waals surface area (Å²) in [5.74, 6) is 2.48. The van der Waals surface area contributed by atoms with Crippen molar-refractivity contribution < 1.29 is 4.74 Å². The van der Waals surface area contributed by atoms with Crippen LogP contribution >= 0.6 is 11.8 Å². The van der Waals surface area contributed by atoms with Crippen molar-refractivity contribution in [2.75, 3.05) is 11.1 Å². The number of hydrogen-bond donors (Lipinski definition) is 1. The normalized spacial score (nSPS) is 21.6. The number of nitrogens with one attached hydrogen (secondary N) is 1. The zero-order chi connectivity index (χ0) is 23.2. The van der Waals surface area contributed by atoms with E-state index in [1.54, 1.807) is 17.3 Å². The van der Waals surface area contributed by atoms with Crippen molar-refractivity contribution in [3.05, 3.63) is 47.6 Å². The third-order valence-corrected chi connectivity index (χ3v) is 7.41. The van der Waals surface area contributed by atoms with Crippen molar-refractivity contribution in [1.29, 1.82) is 0 Å². The van der Waals surface area contributed by atoms with Gasteiger partial charge in [-0.3, -0.25) is 0 Å². The summed E-state index contributed by atoms with van der Waals surface area (Å²) in [6.45, 7) is 8.89. The zero-order valence-corrected chi connectivity index (χ0v) is 21.1. The van der Waals surface area contributed by atoms with E-state index in [1.165, 1.54) is 5.57 Å². The SMILES string of the molecule is CCCCSc1nnc2c(n1)O[C@H]([C@H]1CC=C(CCC=C(C)C)C[C@@H]1C)Nc1ccccc1-2. The van der Waals surface area contributed by atoms with Gasteiger partial charge in [-0.05, 0) is 57.9 Å². The van der Waals surface area contributed by atoms with E-state index in [1.807, 2.05) is 6.07 Å². The molecule has 0 unspecified atom stereocenters. The van der Waals surface area contributed by atoms with E-state index >= 15 is 0 Å². The van der Waals surface area contributed by atoms with Gasteiger partial charge in [-0.15, -0.1) is 10.2 Å². The lowest BCUT2D eigenvalue weighted by molar-refractivity contribution is 0.114. The zero-order valence-electron chi connectivity index (χ0n) is 20.3. The van der Waals surface area contributed by atoms with Crippen molar-refractivity contribution in [2.45, 2.75) is 77.6 Å². The van der Waals surface area contributed by atoms with Gasteiger partial charge in [-0.1, -0.05) is 73.5 Å². The molecule has 0 bridgehead atoms. The van der Waals surface area contributed by atoms with Crippen molar-refractivity contribution in [2.24, 2.45) is 11.8 Å². The number of fused-ring (bicyclic) bond motifs is 3. The minimum atomic E-state index is -0.150. The average molecular weight is 465 g/mol. The first-order valence-electron chi connectivity index (χ1n) is 12.3. The summed E-state index contributed by atoms with van der Waals surface area (Å²) in [7, 11) is 0. The largest absolute Gasteiger partial charge is 0.452 e. The number of anilines is 1. The van der Waals surface area contributed by atoms with Gasteiger partial charge in [0.15, 0.2) is 11.9 Å². The van der Waals surface area contributed by atoms with E-state index in [9.17, 15) is 0 Å². The number of benzene rings is 1. The second-order valence-corrected chi connectivity index (χ2v) is 10.5. The molecule has 2 aliphatic rings. The molecule has 1 aromatic carbocycles. The van der Waals surface area contributed by atoms with Crippen molar-refractivity contribution in [3.63, 3.8) is 0 Å². The molecule has 0 fully saturated rings. The Kier molecular flexibility index (Phi) is 8.07. The first-order valence-corrected chi connectivity index (χ1v) is 13.2. The molecule has 176 valence electrons. The molecule has 5 nitrogen and oxygen atoms in total. The number of hydrogen-bond acceptors (Lipinski definition) is 6. The van der Waals surface area contributed by atoms with E-state index < -0.39 is 0 Å². The fourth-order valence-corrected chi connectivity index (χ4v) is 5.45. The van der Waals surface area contributed by atoms with Crippen LogP contribution in [-0.4, -0.2) is 27.2 Å². The van der Waals surface area contributed by atoms with Gasteiger partial charge in [0.25, 0.3) is 0 Å². The predicted octanol–water partition coefficient (Wildman–Crippen LogP) is 7.28. The number of allylic oxidation sites excluding steroid dienone is 4. The van der Waals surface area contributed by atoms with Crippen LogP contribution in [0.25, 0.3) is 11.3 Å². The van der Waals surface area contributed by atoms with Crippen LogP contribution in [0, 0.1) is 11.8 Å². The number of ether oxygens (including phenoxy) is 1. The summed E-state index contributed by atoms with van der Waals surface area (Å²) >= 11 is 1.65. The number of aromatic nitrogens is 3. The van der Waals surface area contributed by atoms with Crippen molar-refractivity contribution in [1.82, 2.24) is 15.2 Å². The molecule has 0 saturated carbocycles. The maximum Gasteiger partial charge on any atom is 0.247 e. The molecule has 4 rings (SSSR count). The van der Waals surface area contributed by atoms with E-state index in [0.717, 1.165) is 61.2 Å². The van der Waals surface area contributed by atoms with Crippen LogP contribution in [0.4, 0.5) is 5.69 Å². The first-order chi connectivity index (χ1) is 16.0. The van der Waals surface area contributed by atoms with E-state index in [4.69, 9.17) is 9.72 Å². The minimum Gasteiger partial charge on any atom is -0.452 e. The number of para-hydroxylation sites is 1. The molecule has 1 N–H and O–H groups in total. The molecular formula is C27H36N4OS. The first kappa shape index (κ1) is 23.8. The molecule has 3 atom stereocenters. The molecule has 33 heavy (non-hydrogen) atoms. The van der Waals surface area contributed by atoms with Crippen LogP contribution in [0.3, 0.4) is 0 Å². The minimum absolute atomic E-state index is 0.150. The smallest absolute Gasteiger partial charge is 0.247 e. The lowest BCUT2D eigenvalue weighted by Gasteiger charge is -2.35. The molecule has 6 heteroatoms. The molecular weight excluding hydrogens is 428 g/mol. The van der Waals surface area contributed by atoms with Crippen LogP contribution in [-0.2, 0) is 0 Å². The number of nitrogens with zero attached hydrogens (tertiary/aromatic N) is 3. The highest BCUT2D eigenvalue weighted by molar-refractivity contribution is 7.99. The van der Waals surface area contributed by atoms with E-state index in [2.05, 4.69) is 73.6 Å². The highest BCUT2D eigenvalue weighted by Gasteiger charge is 2.34. The van der Waals surface area contributed by atoms with Gasteiger partial charge in [0.05, 0.1) is 0 Å². The molecule has 1 aromatic heterocycles. The maximum atomic E-state index is 6.57. The van der Waals surface area contributed by atoms with Crippen LogP contribution in [0.1, 0.15) is 66.2 Å². The summed E-state index contributed by atoms with van der Waals surface area (Å²) < 4.78 is 6.57. The monoisotopic (exact) mass is 464 g/mol. The standard InChI is InChI=1S/C27H36N4OS/c1-5-6-16-33-27-29-26-24(30-31-27)22-12-7-8-13-23(22)28-25(32-26)21-15-14-20(17-19(21)4)11-9-10-18(2)3/h7-8,10,12-14,19,21,25,28H,5-6,9,11,15-17H2,1-4H3/t19-,21-,25+/m0/s1. The van der Waals surface area contributed by atoms with Gasteiger partial charge in [0, 0.05) is 22.9 Å². The maximum absolute atomic E-state index is 6.57. The molecule has 0 radical (unpaired) electrons. The lowest BCUT2D eigenvalue weighted by atomic mass is 9.78. The summed E-state index contributed by atoms with van der Waals surface area (Å²) in [5, 5.41) is 13.3. The molecule has 0 saturated heterocycles. The Labute approximate surface area is 202 Å². The van der Waals surface area contributed by atoms with Crippen LogP contribution in [0.2, 0.25) is 0 Å². The molecule has 0 spiro atoms. The highest BCUT2D eigenvalue weighted by atomic mass is 32.2. The fourth-order valence-electron chi connectivity index (χ4n) is 4.59. The third-order valence-electron chi connectivity index (χ3n) is 6.48. The fraction of sp³-hybridized carbons (Fsp3) is 0.519. The van der Waals surface area contributed by atoms with Crippen molar-refractivity contribution in [3.8, 4) is 17.1 Å². The molecule has 2 heterocycles. The van der Waals surface area contributed by atoms with Gasteiger partial charge >= 0.3 is 0 Å². The van der Waals surface area contributed by atoms with Gasteiger partial charge in [-0.2, -0.15) is 4.98 Å². The summed E-state index contributed by atoms with van der Waals surface area (Å²) in [6.07, 6.45) is 11.3. The third kappa shape index (κ3) is 5.97. The lowest BCUT2D eigenvalue weighted by Crippen LogP contribution is -2.39. The Morgan fingerprint density at radius 3 is 2.88 bits per heavy atom. The summed E-state index contributed by atoms with van der Waals surface area (Å²) in [5.41, 5.74) is 5.73. The summed E-state index contributed by atoms with van der Waals surface area (Å²) in [4.78, 5) is 4.79. The summed E-state index contributed by atoms with van der Waals surface area (Å²) in [6, 6.07) is 8.25. The predicted molar refractivity (Wildman–Crippen MR) is 138 cm³/mol. The Morgan fingerprint density at radius 1 is 1.24 bits per heavy atom. The van der Waals surface area contributed by atoms with Gasteiger partial charge in [0.2, 0.25) is 11.0 Å². The van der Waals surface area contributed by atoms with Gasteiger partial charge in [0.1, 0.15) is 0 Å². The quantitative estimate of drug-likeness (QED) is 0.252. The second kappa shape index (κ2) is 11.2. The Balaban J connectivity index is 1.56. The number of thioether (sulfide) groups is 1. The Hall–Kier alpha value is -2.34. The highest BCUT2D eigenvalue weighted by Crippen LogP contribution is 2.41. The average Bonchev–Trinajstić information content (AvgIpc) is 2.95. The van der Waals surface area contributed by atoms with Crippen LogP contribution in [0.5, 0.6) is 5.88 Å². The van der Waals surface area contributed by atoms with E-state index in [-0.39, 0.29) is 6.23 Å². The van der Waals surface area contributed by atoms with Gasteiger partial charge in [-0.25, -0.2) is 0 Å². The number of rotatable bonds is 8. The van der Waals surface area contributed by atoms with E-state index in [0.29, 0.717) is 22.9 Å². The molecule has 1 aliphatic heterocycles. The molecule has 1 aliphatic carbocycles. The van der Waals surface area contributed by atoms with Crippen molar-refractivity contribution >= 4 is 17.4 Å². The number of unbranched alkanes of at least 4 members (excludes halogenated alkanes) is 1. The second-order valence-electron chi connectivity index (χ2n) is 9.44. The Bertz CT molecular complexity index is 1010.